The second-order valence-corrected chi connectivity index (χ2v) is 20.5. The SMILES string of the molecule is C[Si-]1(C)c2cc(-c3ccccc3)ccc2-c2ccc(-n3c4ccc(-c5ccc(-c6ccccc6)cc5)cc4c4cc(-c5ccc(-c6ccccc6)cc5)ccc43)cc21. The minimum Gasteiger partial charge on any atom is -0.309 e. The van der Waals surface area contributed by atoms with E-state index >= 15 is 0 Å². The predicted molar refractivity (Wildman–Crippen MR) is 250 cm³/mol. The van der Waals surface area contributed by atoms with Gasteiger partial charge in [-0.2, -0.15) is 23.5 Å². The van der Waals surface area contributed by atoms with Crippen LogP contribution >= 0.6 is 0 Å². The minimum absolute atomic E-state index is 1.22. The summed E-state index contributed by atoms with van der Waals surface area (Å²) in [6, 6.07) is 78.5. The van der Waals surface area contributed by atoms with Crippen molar-refractivity contribution in [3.63, 3.8) is 0 Å². The van der Waals surface area contributed by atoms with E-state index in [1.54, 1.807) is 0 Å². The minimum atomic E-state index is -2.00. The van der Waals surface area contributed by atoms with Gasteiger partial charge in [0.25, 0.3) is 0 Å². The average Bonchev–Trinajstić information content (AvgIpc) is 3.74. The molecule has 58 heavy (non-hydrogen) atoms. The van der Waals surface area contributed by atoms with E-state index in [-0.39, 0.29) is 0 Å². The molecule has 1 aromatic heterocycles. The van der Waals surface area contributed by atoms with Crippen molar-refractivity contribution in [2.75, 3.05) is 0 Å². The number of hydrogen-bond acceptors (Lipinski definition) is 0. The van der Waals surface area contributed by atoms with Crippen molar-refractivity contribution in [1.82, 2.24) is 4.57 Å². The summed E-state index contributed by atoms with van der Waals surface area (Å²) in [5, 5.41) is 5.55. The molecule has 0 bridgehead atoms. The number of aromatic nitrogens is 1. The van der Waals surface area contributed by atoms with Gasteiger partial charge in [0.2, 0.25) is 0 Å². The zero-order valence-corrected chi connectivity index (χ0v) is 33.7. The first-order valence-electron chi connectivity index (χ1n) is 20.2. The molecule has 2 heterocycles. The molecule has 11 rings (SSSR count). The van der Waals surface area contributed by atoms with Crippen molar-refractivity contribution in [3.8, 4) is 72.4 Å². The highest BCUT2D eigenvalue weighted by molar-refractivity contribution is 7.03. The maximum atomic E-state index is 2.52. The maximum Gasteiger partial charge on any atom is 0.0541 e. The third-order valence-corrected chi connectivity index (χ3v) is 16.0. The summed E-state index contributed by atoms with van der Waals surface area (Å²) in [7, 11) is -2.00. The van der Waals surface area contributed by atoms with Crippen LogP contribution < -0.4 is 10.4 Å². The molecule has 9 aromatic carbocycles. The van der Waals surface area contributed by atoms with Gasteiger partial charge in [-0.05, 0) is 86.0 Å². The molecule has 0 radical (unpaired) electrons. The lowest BCUT2D eigenvalue weighted by Gasteiger charge is -2.32. The monoisotopic (exact) mass is 755 g/mol. The summed E-state index contributed by atoms with van der Waals surface area (Å²) >= 11 is 0. The van der Waals surface area contributed by atoms with Gasteiger partial charge in [-0.15, -0.1) is 0 Å². The molecule has 1 nitrogen and oxygen atoms in total. The van der Waals surface area contributed by atoms with E-state index in [4.69, 9.17) is 0 Å². The Morgan fingerprint density at radius 2 is 0.621 bits per heavy atom. The zero-order valence-electron chi connectivity index (χ0n) is 32.7. The number of nitrogens with zero attached hydrogens (tertiary/aromatic N) is 1. The van der Waals surface area contributed by atoms with Crippen LogP contribution in [0.25, 0.3) is 94.3 Å². The molecule has 0 saturated heterocycles. The van der Waals surface area contributed by atoms with E-state index in [0.29, 0.717) is 0 Å². The predicted octanol–water partition coefficient (Wildman–Crippen LogP) is 13.9. The summed E-state index contributed by atoms with van der Waals surface area (Å²) in [5.41, 5.74) is 18.8. The van der Waals surface area contributed by atoms with E-state index in [1.165, 1.54) is 105 Å². The van der Waals surface area contributed by atoms with Crippen molar-refractivity contribution >= 4 is 40.3 Å². The van der Waals surface area contributed by atoms with Crippen LogP contribution in [0.2, 0.25) is 13.1 Å². The fourth-order valence-electron chi connectivity index (χ4n) is 9.31. The second kappa shape index (κ2) is 13.6. The molecule has 275 valence electrons. The molecule has 0 amide bonds. The van der Waals surface area contributed by atoms with Gasteiger partial charge in [0.15, 0.2) is 0 Å². The van der Waals surface area contributed by atoms with E-state index in [1.807, 2.05) is 0 Å². The van der Waals surface area contributed by atoms with Crippen molar-refractivity contribution in [2.45, 2.75) is 13.1 Å². The summed E-state index contributed by atoms with van der Waals surface area (Å²) < 4.78 is 2.50. The fraction of sp³-hybridized carbons (Fsp3) is 0.0357. The molecule has 2 heteroatoms. The van der Waals surface area contributed by atoms with Crippen LogP contribution in [0.4, 0.5) is 0 Å². The summed E-state index contributed by atoms with van der Waals surface area (Å²) in [6.07, 6.45) is 0. The standard InChI is InChI=1S/C56H41NSi/c1-58(2)55-36-47(40-16-10-5-11-17-40)26-30-49(55)50-31-29-48(37-56(50)58)57-53-32-27-45(43-22-18-41(19-23-43)38-12-6-3-7-13-38)34-51(53)52-35-46(28-33-54(52)57)44-24-20-42(21-25-44)39-14-8-4-9-15-39/h3-37H,1-2H3/q-1. The van der Waals surface area contributed by atoms with Crippen molar-refractivity contribution < 1.29 is 0 Å². The Hall–Kier alpha value is -7.00. The largest absolute Gasteiger partial charge is 0.309 e. The van der Waals surface area contributed by atoms with Gasteiger partial charge >= 0.3 is 0 Å². The van der Waals surface area contributed by atoms with Crippen molar-refractivity contribution in [1.29, 1.82) is 0 Å². The highest BCUT2D eigenvalue weighted by Crippen LogP contribution is 2.39. The van der Waals surface area contributed by atoms with Crippen LogP contribution in [0.15, 0.2) is 212 Å². The number of rotatable bonds is 6. The van der Waals surface area contributed by atoms with Gasteiger partial charge < -0.3 is 4.57 Å². The molecule has 1 aliphatic heterocycles. The van der Waals surface area contributed by atoms with Crippen LogP contribution in [0, 0.1) is 0 Å². The molecule has 0 atom stereocenters. The van der Waals surface area contributed by atoms with Gasteiger partial charge in [-0.3, -0.25) is 0 Å². The highest BCUT2D eigenvalue weighted by Gasteiger charge is 2.28. The number of fused-ring (bicyclic) bond motifs is 6. The Morgan fingerprint density at radius 1 is 0.293 bits per heavy atom. The lowest BCUT2D eigenvalue weighted by Crippen LogP contribution is -2.49. The van der Waals surface area contributed by atoms with E-state index in [0.717, 1.165) is 0 Å². The van der Waals surface area contributed by atoms with Crippen LogP contribution in [0.3, 0.4) is 0 Å². The van der Waals surface area contributed by atoms with Crippen molar-refractivity contribution in [3.05, 3.63) is 212 Å². The zero-order chi connectivity index (χ0) is 38.8. The molecule has 0 N–H and O–H groups in total. The first kappa shape index (κ1) is 34.3. The molecular formula is C56H41NSi-. The Balaban J connectivity index is 1.05. The van der Waals surface area contributed by atoms with Crippen molar-refractivity contribution in [2.24, 2.45) is 0 Å². The summed E-state index contributed by atoms with van der Waals surface area (Å²) in [4.78, 5) is 0. The van der Waals surface area contributed by atoms with Gasteiger partial charge in [0, 0.05) is 16.5 Å². The first-order chi connectivity index (χ1) is 28.5. The topological polar surface area (TPSA) is 4.93 Å². The summed E-state index contributed by atoms with van der Waals surface area (Å²) in [5.74, 6) is 0. The van der Waals surface area contributed by atoms with Crippen LogP contribution in [-0.2, 0) is 0 Å². The van der Waals surface area contributed by atoms with E-state index in [2.05, 4.69) is 230 Å². The smallest absolute Gasteiger partial charge is 0.0541 e. The second-order valence-electron chi connectivity index (χ2n) is 16.2. The third kappa shape index (κ3) is 5.68. The molecule has 0 unspecified atom stereocenters. The quantitative estimate of drug-likeness (QED) is 0.149. The molecule has 1 aliphatic rings. The lowest BCUT2D eigenvalue weighted by molar-refractivity contribution is 1.18. The van der Waals surface area contributed by atoms with E-state index in [9.17, 15) is 0 Å². The van der Waals surface area contributed by atoms with Crippen LogP contribution in [0.5, 0.6) is 0 Å². The number of hydrogen-bond donors (Lipinski definition) is 0. The Kier molecular flexibility index (Phi) is 8.02. The normalized spacial score (nSPS) is 12.8. The van der Waals surface area contributed by atoms with Crippen LogP contribution in [-0.4, -0.2) is 12.6 Å². The number of benzene rings is 9. The lowest BCUT2D eigenvalue weighted by atomic mass is 9.97. The average molecular weight is 756 g/mol. The van der Waals surface area contributed by atoms with Gasteiger partial charge in [0.05, 0.1) is 11.0 Å². The first-order valence-corrected chi connectivity index (χ1v) is 23.2. The Morgan fingerprint density at radius 3 is 1.09 bits per heavy atom. The van der Waals surface area contributed by atoms with Gasteiger partial charge in [-0.1, -0.05) is 201 Å². The van der Waals surface area contributed by atoms with Crippen LogP contribution in [0.1, 0.15) is 0 Å². The summed E-state index contributed by atoms with van der Waals surface area (Å²) in [6.45, 7) is 5.04. The molecule has 0 fully saturated rings. The maximum absolute atomic E-state index is 2.52. The molecule has 10 aromatic rings. The molecule has 0 aliphatic carbocycles. The molecule has 0 saturated carbocycles. The van der Waals surface area contributed by atoms with Gasteiger partial charge in [0.1, 0.15) is 0 Å². The van der Waals surface area contributed by atoms with Gasteiger partial charge in [-0.25, -0.2) is 0 Å². The Labute approximate surface area is 341 Å². The molecule has 0 spiro atoms. The Bertz CT molecular complexity index is 3000. The third-order valence-electron chi connectivity index (χ3n) is 12.4. The molecular weight excluding hydrogens is 715 g/mol. The van der Waals surface area contributed by atoms with E-state index < -0.39 is 8.07 Å². The highest BCUT2D eigenvalue weighted by atomic mass is 28.3. The fourth-order valence-corrected chi connectivity index (χ4v) is 12.4.